The predicted octanol–water partition coefficient (Wildman–Crippen LogP) is 12.3. The Labute approximate surface area is 262 Å². The SMILES string of the molecule is CC(C)c1cc(Cl)cc(Cl)c1.CC(C)c1cc(Cl)cc(OC(F)(F)F)c1.CC(C)c1cnc(OCC(F)(F)F)c(Cl)c1. The lowest BCUT2D eigenvalue weighted by Crippen LogP contribution is -2.19. The lowest BCUT2D eigenvalue weighted by molar-refractivity contribution is -0.274. The topological polar surface area (TPSA) is 31.4 Å². The van der Waals surface area contributed by atoms with Crippen molar-refractivity contribution >= 4 is 46.4 Å². The fourth-order valence-corrected chi connectivity index (χ4v) is 4.04. The second-order valence-corrected chi connectivity index (χ2v) is 11.6. The average Bonchev–Trinajstić information content (AvgIpc) is 2.81. The van der Waals surface area contributed by atoms with Gasteiger partial charge in [0.05, 0.1) is 0 Å². The van der Waals surface area contributed by atoms with Crippen molar-refractivity contribution < 1.29 is 35.8 Å². The molecule has 1 aromatic heterocycles. The third kappa shape index (κ3) is 15.4. The van der Waals surface area contributed by atoms with Crippen LogP contribution >= 0.6 is 46.4 Å². The molecule has 0 unspecified atom stereocenters. The van der Waals surface area contributed by atoms with Crippen molar-refractivity contribution in [2.45, 2.75) is 71.8 Å². The van der Waals surface area contributed by atoms with Gasteiger partial charge in [0.1, 0.15) is 10.8 Å². The maximum atomic E-state index is 11.9. The van der Waals surface area contributed by atoms with Crippen molar-refractivity contribution in [1.82, 2.24) is 4.98 Å². The van der Waals surface area contributed by atoms with E-state index >= 15 is 0 Å². The molecular weight excluding hydrogens is 650 g/mol. The minimum atomic E-state index is -4.68. The molecule has 3 aromatic rings. The van der Waals surface area contributed by atoms with Gasteiger partial charge in [-0.25, -0.2) is 4.98 Å². The number of hydrogen-bond donors (Lipinski definition) is 0. The van der Waals surface area contributed by atoms with Gasteiger partial charge in [-0.1, -0.05) is 87.9 Å². The molecule has 0 bridgehead atoms. The average molecular weight is 681 g/mol. The number of ether oxygens (including phenoxy) is 2. The molecule has 0 saturated heterocycles. The van der Waals surface area contributed by atoms with Gasteiger partial charge >= 0.3 is 12.5 Å². The van der Waals surface area contributed by atoms with E-state index in [1.807, 2.05) is 39.8 Å². The van der Waals surface area contributed by atoms with Crippen molar-refractivity contribution in [3.63, 3.8) is 0 Å². The Morgan fingerprint density at radius 1 is 0.643 bits per heavy atom. The van der Waals surface area contributed by atoms with Crippen LogP contribution in [0, 0.1) is 0 Å². The number of benzene rings is 2. The van der Waals surface area contributed by atoms with Crippen LogP contribution in [0.3, 0.4) is 0 Å². The Bertz CT molecular complexity index is 1260. The zero-order chi connectivity index (χ0) is 32.4. The summed E-state index contributed by atoms with van der Waals surface area (Å²) >= 11 is 23.0. The van der Waals surface area contributed by atoms with Gasteiger partial charge in [-0.2, -0.15) is 13.2 Å². The monoisotopic (exact) mass is 679 g/mol. The van der Waals surface area contributed by atoms with Crippen LogP contribution in [0.1, 0.15) is 76.0 Å². The van der Waals surface area contributed by atoms with E-state index in [2.05, 4.69) is 28.3 Å². The van der Waals surface area contributed by atoms with E-state index in [1.54, 1.807) is 18.2 Å². The molecule has 0 radical (unpaired) electrons. The molecule has 0 saturated carbocycles. The third-order valence-electron chi connectivity index (χ3n) is 5.21. The molecule has 0 spiro atoms. The number of hydrogen-bond acceptors (Lipinski definition) is 3. The fourth-order valence-electron chi connectivity index (χ4n) is 3.03. The van der Waals surface area contributed by atoms with Crippen LogP contribution in [0.25, 0.3) is 0 Å². The first-order valence-electron chi connectivity index (χ1n) is 12.5. The summed E-state index contributed by atoms with van der Waals surface area (Å²) in [5.74, 6) is 0.314. The number of aromatic nitrogens is 1. The summed E-state index contributed by atoms with van der Waals surface area (Å²) < 4.78 is 79.7. The van der Waals surface area contributed by atoms with E-state index in [9.17, 15) is 26.3 Å². The van der Waals surface area contributed by atoms with Crippen LogP contribution < -0.4 is 9.47 Å². The van der Waals surface area contributed by atoms with Crippen molar-refractivity contribution in [3.8, 4) is 11.6 Å². The highest BCUT2D eigenvalue weighted by molar-refractivity contribution is 6.34. The zero-order valence-electron chi connectivity index (χ0n) is 23.6. The quantitative estimate of drug-likeness (QED) is 0.243. The third-order valence-corrected chi connectivity index (χ3v) is 6.14. The van der Waals surface area contributed by atoms with Gasteiger partial charge in [0.15, 0.2) is 6.61 Å². The van der Waals surface area contributed by atoms with Crippen molar-refractivity contribution in [1.29, 1.82) is 0 Å². The molecule has 0 aliphatic heterocycles. The Morgan fingerprint density at radius 2 is 1.10 bits per heavy atom. The Kier molecular flexibility index (Phi) is 15.1. The number of nitrogens with zero attached hydrogens (tertiary/aromatic N) is 1. The Hall–Kier alpha value is -2.07. The first-order valence-corrected chi connectivity index (χ1v) is 14.0. The molecule has 13 heteroatoms. The molecule has 42 heavy (non-hydrogen) atoms. The first kappa shape index (κ1) is 38.0. The highest BCUT2D eigenvalue weighted by Crippen LogP contribution is 2.30. The molecule has 0 amide bonds. The van der Waals surface area contributed by atoms with Crippen LogP contribution in [0.15, 0.2) is 48.7 Å². The van der Waals surface area contributed by atoms with E-state index < -0.39 is 19.1 Å². The van der Waals surface area contributed by atoms with Crippen molar-refractivity contribution in [3.05, 3.63) is 85.4 Å². The van der Waals surface area contributed by atoms with Gasteiger partial charge in [-0.05, 0) is 76.9 Å². The van der Waals surface area contributed by atoms with E-state index in [4.69, 9.17) is 46.4 Å². The second kappa shape index (κ2) is 16.7. The molecule has 0 aliphatic carbocycles. The van der Waals surface area contributed by atoms with Gasteiger partial charge in [0.25, 0.3) is 0 Å². The number of pyridine rings is 1. The van der Waals surface area contributed by atoms with Gasteiger partial charge in [0.2, 0.25) is 5.88 Å². The van der Waals surface area contributed by atoms with Gasteiger partial charge in [-0.15, -0.1) is 13.2 Å². The number of halogens is 10. The van der Waals surface area contributed by atoms with Gasteiger partial charge < -0.3 is 9.47 Å². The van der Waals surface area contributed by atoms with Crippen LogP contribution in [-0.4, -0.2) is 24.1 Å². The molecule has 0 N–H and O–H groups in total. The van der Waals surface area contributed by atoms with Crippen molar-refractivity contribution in [2.75, 3.05) is 6.61 Å². The highest BCUT2D eigenvalue weighted by Gasteiger charge is 2.31. The first-order chi connectivity index (χ1) is 19.2. The lowest BCUT2D eigenvalue weighted by atomic mass is 10.0. The zero-order valence-corrected chi connectivity index (χ0v) is 26.6. The molecule has 0 atom stereocenters. The molecule has 3 nitrogen and oxygen atoms in total. The summed E-state index contributed by atoms with van der Waals surface area (Å²) in [4.78, 5) is 3.75. The summed E-state index contributed by atoms with van der Waals surface area (Å²) in [5, 5.41) is 1.75. The van der Waals surface area contributed by atoms with Gasteiger partial charge in [0, 0.05) is 21.3 Å². The van der Waals surface area contributed by atoms with Crippen LogP contribution in [0.2, 0.25) is 20.1 Å². The summed E-state index contributed by atoms with van der Waals surface area (Å²) in [6.07, 6.45) is -7.61. The lowest BCUT2D eigenvalue weighted by Gasteiger charge is -2.12. The molecule has 234 valence electrons. The summed E-state index contributed by atoms with van der Waals surface area (Å²) in [7, 11) is 0. The highest BCUT2D eigenvalue weighted by atomic mass is 35.5. The van der Waals surface area contributed by atoms with E-state index in [1.165, 1.54) is 17.8 Å². The maximum Gasteiger partial charge on any atom is 0.573 e. The Morgan fingerprint density at radius 3 is 1.50 bits per heavy atom. The van der Waals surface area contributed by atoms with Crippen LogP contribution in [0.4, 0.5) is 26.3 Å². The molecule has 0 aliphatic rings. The summed E-state index contributed by atoms with van der Waals surface area (Å²) in [6, 6.07) is 11.3. The summed E-state index contributed by atoms with van der Waals surface area (Å²) in [6.45, 7) is 10.4. The largest absolute Gasteiger partial charge is 0.573 e. The predicted molar refractivity (Wildman–Crippen MR) is 158 cm³/mol. The molecule has 0 fully saturated rings. The second-order valence-electron chi connectivity index (χ2n) is 9.89. The molecular formula is C29H31Cl4F6NO2. The van der Waals surface area contributed by atoms with Crippen LogP contribution in [0.5, 0.6) is 11.6 Å². The fraction of sp³-hybridized carbons (Fsp3) is 0.414. The standard InChI is InChI=1S/C10H11ClF3NO.C10H10ClF3O.C9H10Cl2/c1-6(2)7-3-8(11)9(15-4-7)16-5-10(12,13)14;1-6(2)7-3-8(11)5-9(4-7)15-10(12,13)14;1-6(2)7-3-8(10)5-9(11)4-7/h3-4,6H,5H2,1-2H3;3-6H,1-2H3;3-6H,1-2H3. The molecule has 1 heterocycles. The smallest absolute Gasteiger partial charge is 0.467 e. The minimum Gasteiger partial charge on any atom is -0.467 e. The maximum absolute atomic E-state index is 11.9. The molecule has 3 rings (SSSR count). The van der Waals surface area contributed by atoms with E-state index in [0.717, 1.165) is 11.6 Å². The van der Waals surface area contributed by atoms with E-state index in [-0.39, 0.29) is 33.5 Å². The number of rotatable bonds is 6. The van der Waals surface area contributed by atoms with E-state index in [0.29, 0.717) is 21.5 Å². The number of alkyl halides is 6. The summed E-state index contributed by atoms with van der Waals surface area (Å²) in [5.41, 5.74) is 2.74. The minimum absolute atomic E-state index is 0.0930. The Balaban J connectivity index is 0.000000320. The molecule has 2 aromatic carbocycles. The van der Waals surface area contributed by atoms with Crippen molar-refractivity contribution in [2.24, 2.45) is 0 Å². The van der Waals surface area contributed by atoms with Gasteiger partial charge in [-0.3, -0.25) is 0 Å². The van der Waals surface area contributed by atoms with Crippen LogP contribution in [-0.2, 0) is 0 Å². The normalized spacial score (nSPS) is 11.6.